The van der Waals surface area contributed by atoms with Gasteiger partial charge in [-0.1, -0.05) is 64.5 Å². The summed E-state index contributed by atoms with van der Waals surface area (Å²) < 4.78 is 0.775. The van der Waals surface area contributed by atoms with Crippen molar-refractivity contribution in [2.24, 2.45) is 0 Å². The van der Waals surface area contributed by atoms with Crippen molar-refractivity contribution >= 4 is 33.8 Å². The molecule has 0 unspecified atom stereocenters. The van der Waals surface area contributed by atoms with Crippen molar-refractivity contribution in [2.75, 3.05) is 13.2 Å². The van der Waals surface area contributed by atoms with Gasteiger partial charge in [-0.15, -0.1) is 0 Å². The zero-order valence-electron chi connectivity index (χ0n) is 14.7. The summed E-state index contributed by atoms with van der Waals surface area (Å²) in [4.78, 5) is 24.8. The Morgan fingerprint density at radius 1 is 1.07 bits per heavy atom. The minimum absolute atomic E-state index is 0.0162. The number of carbonyl (C=O) groups excluding carboxylic acids is 2. The SMILES string of the molecule is O=C(NCCCO)/C(=C\C=C/c1ccccc1)NC(=O)c1cccc(Br)c1. The number of amides is 2. The third-order valence-corrected chi connectivity index (χ3v) is 4.04. The van der Waals surface area contributed by atoms with E-state index in [1.54, 1.807) is 30.4 Å². The second-order valence-corrected chi connectivity index (χ2v) is 6.56. The van der Waals surface area contributed by atoms with Crippen LogP contribution in [0.15, 0.2) is 76.9 Å². The van der Waals surface area contributed by atoms with E-state index < -0.39 is 5.91 Å². The number of rotatable bonds is 8. The Hall–Kier alpha value is -2.70. The van der Waals surface area contributed by atoms with Crippen LogP contribution in [-0.2, 0) is 4.79 Å². The molecule has 140 valence electrons. The first-order valence-electron chi connectivity index (χ1n) is 8.49. The van der Waals surface area contributed by atoms with E-state index in [-0.39, 0.29) is 18.2 Å². The summed E-state index contributed by atoms with van der Waals surface area (Å²) in [5.41, 5.74) is 1.54. The third-order valence-electron chi connectivity index (χ3n) is 3.55. The van der Waals surface area contributed by atoms with Crippen LogP contribution in [-0.4, -0.2) is 30.1 Å². The lowest BCUT2D eigenvalue weighted by atomic mass is 10.2. The van der Waals surface area contributed by atoms with Crippen molar-refractivity contribution in [3.63, 3.8) is 0 Å². The van der Waals surface area contributed by atoms with Gasteiger partial charge in [0.15, 0.2) is 0 Å². The molecule has 0 aliphatic heterocycles. The zero-order valence-corrected chi connectivity index (χ0v) is 16.3. The van der Waals surface area contributed by atoms with Gasteiger partial charge in [-0.05, 0) is 36.3 Å². The molecular formula is C21H21BrN2O3. The molecule has 0 fully saturated rings. The van der Waals surface area contributed by atoms with Crippen LogP contribution in [0.1, 0.15) is 22.3 Å². The van der Waals surface area contributed by atoms with Gasteiger partial charge in [-0.3, -0.25) is 9.59 Å². The summed E-state index contributed by atoms with van der Waals surface area (Å²) >= 11 is 3.33. The van der Waals surface area contributed by atoms with Crippen molar-refractivity contribution < 1.29 is 14.7 Å². The van der Waals surface area contributed by atoms with Gasteiger partial charge in [0.25, 0.3) is 11.8 Å². The van der Waals surface area contributed by atoms with Crippen molar-refractivity contribution in [1.82, 2.24) is 10.6 Å². The quantitative estimate of drug-likeness (QED) is 0.343. The average molecular weight is 429 g/mol. The van der Waals surface area contributed by atoms with E-state index in [4.69, 9.17) is 5.11 Å². The lowest BCUT2D eigenvalue weighted by Gasteiger charge is -2.10. The molecule has 2 amide bonds. The first-order valence-corrected chi connectivity index (χ1v) is 9.29. The second-order valence-electron chi connectivity index (χ2n) is 5.65. The number of hydrogen-bond donors (Lipinski definition) is 3. The van der Waals surface area contributed by atoms with Gasteiger partial charge in [0.2, 0.25) is 0 Å². The predicted molar refractivity (Wildman–Crippen MR) is 110 cm³/mol. The van der Waals surface area contributed by atoms with Crippen molar-refractivity contribution in [1.29, 1.82) is 0 Å². The first kappa shape index (κ1) is 20.6. The van der Waals surface area contributed by atoms with Crippen LogP contribution in [0.5, 0.6) is 0 Å². The molecule has 2 rings (SSSR count). The maximum atomic E-state index is 12.5. The minimum Gasteiger partial charge on any atom is -0.396 e. The second kappa shape index (κ2) is 11.1. The highest BCUT2D eigenvalue weighted by Crippen LogP contribution is 2.12. The van der Waals surface area contributed by atoms with Crippen molar-refractivity contribution in [3.8, 4) is 0 Å². The molecule has 0 bridgehead atoms. The van der Waals surface area contributed by atoms with Crippen LogP contribution in [0.3, 0.4) is 0 Å². The monoisotopic (exact) mass is 428 g/mol. The van der Waals surface area contributed by atoms with Gasteiger partial charge < -0.3 is 15.7 Å². The standard InChI is InChI=1S/C21H21BrN2O3/c22-18-11-5-10-17(15-18)20(26)24-19(21(27)23-13-6-14-25)12-4-9-16-7-2-1-3-8-16/h1-5,7-12,15,25H,6,13-14H2,(H,23,27)(H,24,26)/b9-4-,19-12+. The van der Waals surface area contributed by atoms with Gasteiger partial charge in [0.1, 0.15) is 5.70 Å². The van der Waals surface area contributed by atoms with Crippen LogP contribution in [0, 0.1) is 0 Å². The molecule has 0 saturated carbocycles. The minimum atomic E-state index is -0.412. The highest BCUT2D eigenvalue weighted by Gasteiger charge is 2.13. The number of nitrogens with one attached hydrogen (secondary N) is 2. The molecule has 5 nitrogen and oxygen atoms in total. The Morgan fingerprint density at radius 2 is 1.85 bits per heavy atom. The predicted octanol–water partition coefficient (Wildman–Crippen LogP) is 3.27. The number of aliphatic hydroxyl groups excluding tert-OH is 1. The molecule has 2 aromatic rings. The first-order chi connectivity index (χ1) is 13.1. The molecule has 3 N–H and O–H groups in total. The molecule has 27 heavy (non-hydrogen) atoms. The molecular weight excluding hydrogens is 408 g/mol. The van der Waals surface area contributed by atoms with E-state index in [9.17, 15) is 9.59 Å². The summed E-state index contributed by atoms with van der Waals surface area (Å²) in [6.45, 7) is 0.305. The molecule has 0 spiro atoms. The van der Waals surface area contributed by atoms with E-state index in [1.165, 1.54) is 0 Å². The highest BCUT2D eigenvalue weighted by molar-refractivity contribution is 9.10. The highest BCUT2D eigenvalue weighted by atomic mass is 79.9. The lowest BCUT2D eigenvalue weighted by molar-refractivity contribution is -0.117. The smallest absolute Gasteiger partial charge is 0.267 e. The molecule has 0 radical (unpaired) electrons. The fourth-order valence-electron chi connectivity index (χ4n) is 2.19. The fourth-order valence-corrected chi connectivity index (χ4v) is 2.59. The number of hydrogen-bond acceptors (Lipinski definition) is 3. The number of benzene rings is 2. The van der Waals surface area contributed by atoms with E-state index in [2.05, 4.69) is 26.6 Å². The van der Waals surface area contributed by atoms with Gasteiger partial charge >= 0.3 is 0 Å². The largest absolute Gasteiger partial charge is 0.396 e. The zero-order chi connectivity index (χ0) is 19.5. The van der Waals surface area contributed by atoms with Crippen LogP contribution >= 0.6 is 15.9 Å². The normalized spacial score (nSPS) is 11.4. The Morgan fingerprint density at radius 3 is 2.56 bits per heavy atom. The van der Waals surface area contributed by atoms with Crippen LogP contribution < -0.4 is 10.6 Å². The summed E-state index contributed by atoms with van der Waals surface area (Å²) in [5.74, 6) is -0.794. The maximum Gasteiger partial charge on any atom is 0.267 e. The molecule has 0 heterocycles. The number of allylic oxidation sites excluding steroid dienone is 2. The topological polar surface area (TPSA) is 78.4 Å². The number of carbonyl (C=O) groups is 2. The van der Waals surface area contributed by atoms with Crippen LogP contribution in [0.25, 0.3) is 6.08 Å². The van der Waals surface area contributed by atoms with Gasteiger partial charge in [0.05, 0.1) is 0 Å². The molecule has 0 atom stereocenters. The summed E-state index contributed by atoms with van der Waals surface area (Å²) in [7, 11) is 0. The average Bonchev–Trinajstić information content (AvgIpc) is 2.68. The molecule has 0 aromatic heterocycles. The van der Waals surface area contributed by atoms with Gasteiger partial charge in [-0.25, -0.2) is 0 Å². The van der Waals surface area contributed by atoms with E-state index >= 15 is 0 Å². The van der Waals surface area contributed by atoms with Crippen molar-refractivity contribution in [3.05, 3.63) is 88.0 Å². The lowest BCUT2D eigenvalue weighted by Crippen LogP contribution is -2.35. The third kappa shape index (κ3) is 7.21. The fraction of sp³-hybridized carbons (Fsp3) is 0.143. The van der Waals surface area contributed by atoms with Crippen LogP contribution in [0.2, 0.25) is 0 Å². The summed E-state index contributed by atoms with van der Waals surface area (Å²) in [5, 5.41) is 14.2. The van der Waals surface area contributed by atoms with E-state index in [0.29, 0.717) is 18.5 Å². The number of aliphatic hydroxyl groups is 1. The Bertz CT molecular complexity index is 832. The van der Waals surface area contributed by atoms with E-state index in [0.717, 1.165) is 10.0 Å². The molecule has 0 aliphatic carbocycles. The van der Waals surface area contributed by atoms with Gasteiger partial charge in [0, 0.05) is 23.2 Å². The Kier molecular flexibility index (Phi) is 8.48. The maximum absolute atomic E-state index is 12.5. The van der Waals surface area contributed by atoms with Crippen molar-refractivity contribution in [2.45, 2.75) is 6.42 Å². The molecule has 2 aromatic carbocycles. The molecule has 6 heteroatoms. The number of halogens is 1. The summed E-state index contributed by atoms with van der Waals surface area (Å²) in [6.07, 6.45) is 5.54. The Labute approximate surface area is 166 Å². The Balaban J connectivity index is 2.15. The van der Waals surface area contributed by atoms with Gasteiger partial charge in [-0.2, -0.15) is 0 Å². The molecule has 0 saturated heterocycles. The van der Waals surface area contributed by atoms with Crippen LogP contribution in [0.4, 0.5) is 0 Å². The summed E-state index contributed by atoms with van der Waals surface area (Å²) in [6, 6.07) is 16.5. The van der Waals surface area contributed by atoms with E-state index in [1.807, 2.05) is 42.5 Å². The molecule has 0 aliphatic rings.